The zero-order chi connectivity index (χ0) is 13.9. The summed E-state index contributed by atoms with van der Waals surface area (Å²) in [6.07, 6.45) is 2.64. The third kappa shape index (κ3) is 1.59. The summed E-state index contributed by atoms with van der Waals surface area (Å²) in [5, 5.41) is 2.95. The van der Waals surface area contributed by atoms with Gasteiger partial charge in [-0.15, -0.1) is 0 Å². The van der Waals surface area contributed by atoms with Crippen LogP contribution >= 0.6 is 0 Å². The van der Waals surface area contributed by atoms with Gasteiger partial charge in [-0.05, 0) is 43.9 Å². The Balaban J connectivity index is 1.78. The summed E-state index contributed by atoms with van der Waals surface area (Å²) in [6, 6.07) is 5.60. The number of benzene rings is 1. The molecule has 0 radical (unpaired) electrons. The summed E-state index contributed by atoms with van der Waals surface area (Å²) in [5.41, 5.74) is 2.90. The zero-order valence-corrected chi connectivity index (χ0v) is 11.1. The number of hydrogen-bond donors (Lipinski definition) is 2. The van der Waals surface area contributed by atoms with Gasteiger partial charge in [-0.3, -0.25) is 4.79 Å². The average molecular weight is 271 g/mol. The highest BCUT2D eigenvalue weighted by Crippen LogP contribution is 2.52. The van der Waals surface area contributed by atoms with Crippen LogP contribution in [0.4, 0.5) is 10.1 Å². The molecule has 1 amide bonds. The van der Waals surface area contributed by atoms with Crippen LogP contribution in [0.15, 0.2) is 18.2 Å². The number of aryl methyl sites for hydroxylation is 1. The Morgan fingerprint density at radius 3 is 2.80 bits per heavy atom. The van der Waals surface area contributed by atoms with Crippen LogP contribution in [0.2, 0.25) is 0 Å². The molecule has 0 saturated heterocycles. The van der Waals surface area contributed by atoms with E-state index in [1.165, 1.54) is 0 Å². The summed E-state index contributed by atoms with van der Waals surface area (Å²) in [7, 11) is 0. The van der Waals surface area contributed by atoms with Gasteiger partial charge in [0.15, 0.2) is 0 Å². The van der Waals surface area contributed by atoms with Gasteiger partial charge in [-0.25, -0.2) is 4.98 Å². The van der Waals surface area contributed by atoms with Crippen molar-refractivity contribution in [3.8, 4) is 11.3 Å². The van der Waals surface area contributed by atoms with Crippen LogP contribution < -0.4 is 5.32 Å². The molecular weight excluding hydrogens is 257 g/mol. The molecule has 0 unspecified atom stereocenters. The number of hydrogen-bond acceptors (Lipinski definition) is 2. The molecule has 0 atom stereocenters. The van der Waals surface area contributed by atoms with Gasteiger partial charge in [0.2, 0.25) is 11.9 Å². The summed E-state index contributed by atoms with van der Waals surface area (Å²) in [5.74, 6) is 0.201. The Hall–Kier alpha value is -2.17. The summed E-state index contributed by atoms with van der Waals surface area (Å²) in [6.45, 7) is 1.73. The van der Waals surface area contributed by atoms with Gasteiger partial charge in [-0.1, -0.05) is 6.07 Å². The quantitative estimate of drug-likeness (QED) is 0.838. The predicted molar refractivity (Wildman–Crippen MR) is 72.7 cm³/mol. The SMILES string of the molecule is Cc1nc(F)c(-c2ccc3c(c2)CC2(CC2)C(=O)N3)[nH]1. The molecular formula is C15H14FN3O. The number of carbonyl (C=O) groups excluding carboxylic acids is 1. The highest BCUT2D eigenvalue weighted by atomic mass is 19.1. The van der Waals surface area contributed by atoms with Crippen molar-refractivity contribution in [3.63, 3.8) is 0 Å². The van der Waals surface area contributed by atoms with Crippen molar-refractivity contribution in [1.82, 2.24) is 9.97 Å². The lowest BCUT2D eigenvalue weighted by atomic mass is 9.89. The van der Waals surface area contributed by atoms with E-state index in [-0.39, 0.29) is 11.3 Å². The van der Waals surface area contributed by atoms with E-state index < -0.39 is 5.95 Å². The summed E-state index contributed by atoms with van der Waals surface area (Å²) in [4.78, 5) is 18.7. The van der Waals surface area contributed by atoms with E-state index in [1.54, 1.807) is 13.0 Å². The number of aromatic nitrogens is 2. The first kappa shape index (κ1) is 11.6. The van der Waals surface area contributed by atoms with Crippen LogP contribution in [0.1, 0.15) is 24.2 Å². The summed E-state index contributed by atoms with van der Waals surface area (Å²) >= 11 is 0. The number of halogens is 1. The lowest BCUT2D eigenvalue weighted by molar-refractivity contribution is -0.121. The fraction of sp³-hybridized carbons (Fsp3) is 0.333. The van der Waals surface area contributed by atoms with E-state index in [2.05, 4.69) is 15.3 Å². The molecule has 102 valence electrons. The van der Waals surface area contributed by atoms with Crippen LogP contribution in [0.25, 0.3) is 11.3 Å². The van der Waals surface area contributed by atoms with Crippen molar-refractivity contribution < 1.29 is 9.18 Å². The average Bonchev–Trinajstić information content (AvgIpc) is 3.09. The minimum atomic E-state index is -0.483. The molecule has 5 heteroatoms. The van der Waals surface area contributed by atoms with Crippen LogP contribution in [0.3, 0.4) is 0 Å². The molecule has 1 saturated carbocycles. The van der Waals surface area contributed by atoms with Crippen molar-refractivity contribution in [3.05, 3.63) is 35.5 Å². The number of anilines is 1. The molecule has 0 bridgehead atoms. The van der Waals surface area contributed by atoms with E-state index in [0.29, 0.717) is 11.5 Å². The van der Waals surface area contributed by atoms with E-state index in [4.69, 9.17) is 0 Å². The van der Waals surface area contributed by atoms with Crippen molar-refractivity contribution in [2.45, 2.75) is 26.2 Å². The largest absolute Gasteiger partial charge is 0.340 e. The Kier molecular flexibility index (Phi) is 2.14. The zero-order valence-electron chi connectivity index (χ0n) is 11.1. The molecule has 1 fully saturated rings. The van der Waals surface area contributed by atoms with Gasteiger partial charge in [0.25, 0.3) is 0 Å². The van der Waals surface area contributed by atoms with Gasteiger partial charge in [0.1, 0.15) is 11.5 Å². The van der Waals surface area contributed by atoms with Crippen LogP contribution in [0, 0.1) is 18.3 Å². The smallest absolute Gasteiger partial charge is 0.238 e. The van der Waals surface area contributed by atoms with Crippen molar-refractivity contribution >= 4 is 11.6 Å². The first-order valence-corrected chi connectivity index (χ1v) is 6.74. The standard InChI is InChI=1S/C15H14FN3O/c1-8-17-12(13(16)18-8)9-2-3-11-10(6-9)7-15(4-5-15)14(20)19-11/h2-3,6H,4-5,7H2,1H3,(H,17,18)(H,19,20). The lowest BCUT2D eigenvalue weighted by Crippen LogP contribution is -2.31. The maximum absolute atomic E-state index is 13.7. The van der Waals surface area contributed by atoms with Gasteiger partial charge < -0.3 is 10.3 Å². The molecule has 1 aromatic carbocycles. The highest BCUT2D eigenvalue weighted by Gasteiger charge is 2.52. The second kappa shape index (κ2) is 3.69. The second-order valence-corrected chi connectivity index (χ2v) is 5.77. The molecule has 1 aromatic heterocycles. The summed E-state index contributed by atoms with van der Waals surface area (Å²) < 4.78 is 13.7. The number of aromatic amines is 1. The number of fused-ring (bicyclic) bond motifs is 1. The van der Waals surface area contributed by atoms with Crippen molar-refractivity contribution in [1.29, 1.82) is 0 Å². The number of carbonyl (C=O) groups is 1. The molecule has 1 spiro atoms. The second-order valence-electron chi connectivity index (χ2n) is 5.77. The number of rotatable bonds is 1. The topological polar surface area (TPSA) is 57.8 Å². The molecule has 2 aromatic rings. The Morgan fingerprint density at radius 1 is 1.35 bits per heavy atom. The number of nitrogens with one attached hydrogen (secondary N) is 2. The third-order valence-electron chi connectivity index (χ3n) is 4.28. The van der Waals surface area contributed by atoms with Crippen molar-refractivity contribution in [2.24, 2.45) is 5.41 Å². The van der Waals surface area contributed by atoms with E-state index in [0.717, 1.165) is 36.1 Å². The molecule has 4 nitrogen and oxygen atoms in total. The van der Waals surface area contributed by atoms with Gasteiger partial charge in [0, 0.05) is 11.3 Å². The molecule has 2 N–H and O–H groups in total. The number of nitrogens with zero attached hydrogens (tertiary/aromatic N) is 1. The lowest BCUT2D eigenvalue weighted by Gasteiger charge is -2.24. The number of amides is 1. The van der Waals surface area contributed by atoms with Gasteiger partial charge in [0.05, 0.1) is 5.41 Å². The monoisotopic (exact) mass is 271 g/mol. The van der Waals surface area contributed by atoms with Crippen molar-refractivity contribution in [2.75, 3.05) is 5.32 Å². The predicted octanol–water partition coefficient (Wildman–Crippen LogP) is 2.80. The van der Waals surface area contributed by atoms with E-state index in [1.807, 2.05) is 12.1 Å². The number of H-pyrrole nitrogens is 1. The third-order valence-corrected chi connectivity index (χ3v) is 4.28. The first-order valence-electron chi connectivity index (χ1n) is 6.74. The minimum Gasteiger partial charge on any atom is -0.340 e. The molecule has 1 aliphatic heterocycles. The Bertz CT molecular complexity index is 731. The molecule has 1 aliphatic carbocycles. The fourth-order valence-corrected chi connectivity index (χ4v) is 2.93. The first-order chi connectivity index (χ1) is 9.57. The number of imidazole rings is 1. The van der Waals surface area contributed by atoms with Crippen LogP contribution in [-0.2, 0) is 11.2 Å². The van der Waals surface area contributed by atoms with Gasteiger partial charge >= 0.3 is 0 Å². The fourth-order valence-electron chi connectivity index (χ4n) is 2.93. The molecule has 20 heavy (non-hydrogen) atoms. The molecule has 4 rings (SSSR count). The maximum atomic E-state index is 13.7. The maximum Gasteiger partial charge on any atom is 0.238 e. The molecule has 2 aliphatic rings. The van der Waals surface area contributed by atoms with Crippen LogP contribution in [-0.4, -0.2) is 15.9 Å². The minimum absolute atomic E-state index is 0.126. The normalized spacial score (nSPS) is 18.8. The highest BCUT2D eigenvalue weighted by molar-refractivity contribution is 6.00. The molecule has 2 heterocycles. The van der Waals surface area contributed by atoms with E-state index >= 15 is 0 Å². The van der Waals surface area contributed by atoms with E-state index in [9.17, 15) is 9.18 Å². The van der Waals surface area contributed by atoms with Gasteiger partial charge in [-0.2, -0.15) is 4.39 Å². The Labute approximate surface area is 115 Å². The Morgan fingerprint density at radius 2 is 2.15 bits per heavy atom. The van der Waals surface area contributed by atoms with Crippen LogP contribution in [0.5, 0.6) is 0 Å².